The highest BCUT2D eigenvalue weighted by Crippen LogP contribution is 2.34. The first kappa shape index (κ1) is 16.7. The molecule has 0 radical (unpaired) electrons. The van der Waals surface area contributed by atoms with E-state index in [4.69, 9.17) is 5.73 Å². The maximum atomic E-state index is 12.5. The number of carbonyl (C=O) groups excluding carboxylic acids is 1. The molecule has 1 aromatic rings. The Bertz CT molecular complexity index is 477. The first-order valence-electron chi connectivity index (χ1n) is 6.13. The highest BCUT2D eigenvalue weighted by atomic mass is 32.2. The van der Waals surface area contributed by atoms with Crippen LogP contribution in [0.1, 0.15) is 25.8 Å². The van der Waals surface area contributed by atoms with Crippen molar-refractivity contribution in [1.82, 2.24) is 5.32 Å². The van der Waals surface area contributed by atoms with E-state index >= 15 is 0 Å². The third-order valence-electron chi connectivity index (χ3n) is 2.72. The minimum Gasteiger partial charge on any atom is -0.398 e. The van der Waals surface area contributed by atoms with Gasteiger partial charge in [0.05, 0.1) is 11.3 Å². The van der Waals surface area contributed by atoms with E-state index < -0.39 is 11.7 Å². The second-order valence-corrected chi connectivity index (χ2v) is 5.43. The molecular weight excluding hydrogens is 289 g/mol. The monoisotopic (exact) mass is 306 g/mol. The van der Waals surface area contributed by atoms with Gasteiger partial charge >= 0.3 is 6.18 Å². The van der Waals surface area contributed by atoms with Gasteiger partial charge in [-0.3, -0.25) is 4.79 Å². The summed E-state index contributed by atoms with van der Waals surface area (Å²) in [5.74, 6) is -0.0384. The number of benzene rings is 1. The van der Waals surface area contributed by atoms with Gasteiger partial charge in [0, 0.05) is 16.6 Å². The zero-order valence-corrected chi connectivity index (χ0v) is 12.1. The molecule has 1 amide bonds. The summed E-state index contributed by atoms with van der Waals surface area (Å²) in [7, 11) is 0. The number of hydrogen-bond acceptors (Lipinski definition) is 3. The number of thioether (sulfide) groups is 1. The van der Waals surface area contributed by atoms with Crippen LogP contribution in [0.4, 0.5) is 18.9 Å². The van der Waals surface area contributed by atoms with Crippen molar-refractivity contribution >= 4 is 23.4 Å². The van der Waals surface area contributed by atoms with Crippen molar-refractivity contribution < 1.29 is 18.0 Å². The van der Waals surface area contributed by atoms with Crippen molar-refractivity contribution in [2.75, 3.05) is 11.5 Å². The van der Waals surface area contributed by atoms with Crippen molar-refractivity contribution in [3.63, 3.8) is 0 Å². The maximum absolute atomic E-state index is 12.5. The van der Waals surface area contributed by atoms with E-state index in [0.29, 0.717) is 4.90 Å². The van der Waals surface area contributed by atoms with E-state index in [2.05, 4.69) is 5.32 Å². The Morgan fingerprint density at radius 2 is 2.10 bits per heavy atom. The summed E-state index contributed by atoms with van der Waals surface area (Å²) < 4.78 is 37.4. The Hall–Kier alpha value is -1.37. The van der Waals surface area contributed by atoms with Gasteiger partial charge in [-0.2, -0.15) is 13.2 Å². The maximum Gasteiger partial charge on any atom is 0.416 e. The lowest BCUT2D eigenvalue weighted by atomic mass is 10.2. The fraction of sp³-hybridized carbons (Fsp3) is 0.462. The Balaban J connectivity index is 2.64. The van der Waals surface area contributed by atoms with Gasteiger partial charge in [0.25, 0.3) is 0 Å². The SMILES string of the molecule is CCC(C)NC(=O)CSc1ccc(C(F)(F)F)cc1N. The van der Waals surface area contributed by atoms with Gasteiger partial charge in [0.15, 0.2) is 0 Å². The quantitative estimate of drug-likeness (QED) is 0.648. The highest BCUT2D eigenvalue weighted by molar-refractivity contribution is 8.00. The number of alkyl halides is 3. The van der Waals surface area contributed by atoms with Crippen LogP contribution in [0.5, 0.6) is 0 Å². The van der Waals surface area contributed by atoms with E-state index in [1.165, 1.54) is 6.07 Å². The van der Waals surface area contributed by atoms with E-state index in [1.54, 1.807) is 0 Å². The predicted molar refractivity (Wildman–Crippen MR) is 74.5 cm³/mol. The zero-order chi connectivity index (χ0) is 15.3. The van der Waals surface area contributed by atoms with Crippen molar-refractivity contribution in [2.24, 2.45) is 0 Å². The Kier molecular flexibility index (Phi) is 5.74. The summed E-state index contributed by atoms with van der Waals surface area (Å²) in [6, 6.07) is 3.22. The minimum absolute atomic E-state index is 0.0289. The minimum atomic E-state index is -4.41. The molecule has 0 fully saturated rings. The van der Waals surface area contributed by atoms with Crippen LogP contribution in [0.3, 0.4) is 0 Å². The Morgan fingerprint density at radius 3 is 2.60 bits per heavy atom. The Morgan fingerprint density at radius 1 is 1.45 bits per heavy atom. The van der Waals surface area contributed by atoms with E-state index in [9.17, 15) is 18.0 Å². The molecule has 7 heteroatoms. The number of carbonyl (C=O) groups is 1. The number of nitrogen functional groups attached to an aromatic ring is 1. The summed E-state index contributed by atoms with van der Waals surface area (Å²) in [6.45, 7) is 3.83. The molecule has 0 aliphatic carbocycles. The molecule has 0 bridgehead atoms. The molecule has 0 heterocycles. The lowest BCUT2D eigenvalue weighted by Gasteiger charge is -2.12. The first-order chi connectivity index (χ1) is 9.24. The average molecular weight is 306 g/mol. The van der Waals surface area contributed by atoms with Crippen molar-refractivity contribution in [2.45, 2.75) is 37.4 Å². The number of hydrogen-bond donors (Lipinski definition) is 2. The molecule has 0 aliphatic rings. The van der Waals surface area contributed by atoms with Crippen molar-refractivity contribution in [3.05, 3.63) is 23.8 Å². The average Bonchev–Trinajstić information content (AvgIpc) is 2.35. The molecule has 3 nitrogen and oxygen atoms in total. The molecule has 3 N–H and O–H groups in total. The largest absolute Gasteiger partial charge is 0.416 e. The van der Waals surface area contributed by atoms with E-state index in [1.807, 2.05) is 13.8 Å². The molecule has 1 aromatic carbocycles. The molecule has 112 valence electrons. The van der Waals surface area contributed by atoms with E-state index in [0.717, 1.165) is 30.3 Å². The van der Waals surface area contributed by atoms with Crippen molar-refractivity contribution in [3.8, 4) is 0 Å². The summed E-state index contributed by atoms with van der Waals surface area (Å²) in [5.41, 5.74) is 4.82. The summed E-state index contributed by atoms with van der Waals surface area (Å²) in [5, 5.41) is 2.77. The van der Waals surface area contributed by atoms with Crippen LogP contribution in [-0.2, 0) is 11.0 Å². The molecule has 0 spiro atoms. The van der Waals surface area contributed by atoms with Crippen LogP contribution in [0.25, 0.3) is 0 Å². The third kappa shape index (κ3) is 4.96. The van der Waals surface area contributed by atoms with Gasteiger partial charge in [0.1, 0.15) is 0 Å². The van der Waals surface area contributed by atoms with Gasteiger partial charge in [-0.05, 0) is 31.5 Å². The highest BCUT2D eigenvalue weighted by Gasteiger charge is 2.30. The van der Waals surface area contributed by atoms with Crippen LogP contribution in [0.15, 0.2) is 23.1 Å². The zero-order valence-electron chi connectivity index (χ0n) is 11.3. The smallest absolute Gasteiger partial charge is 0.398 e. The molecular formula is C13H17F3N2OS. The Labute approximate surface area is 120 Å². The van der Waals surface area contributed by atoms with Gasteiger partial charge < -0.3 is 11.1 Å². The lowest BCUT2D eigenvalue weighted by molar-refractivity contribution is -0.137. The van der Waals surface area contributed by atoms with Crippen molar-refractivity contribution in [1.29, 1.82) is 0 Å². The molecule has 0 aromatic heterocycles. The standard InChI is InChI=1S/C13H17F3N2OS/c1-3-8(2)18-12(19)7-20-11-5-4-9(6-10(11)17)13(14,15)16/h4-6,8H,3,7,17H2,1-2H3,(H,18,19). The normalized spacial score (nSPS) is 13.1. The van der Waals surface area contributed by atoms with Crippen LogP contribution in [-0.4, -0.2) is 17.7 Å². The second-order valence-electron chi connectivity index (χ2n) is 4.42. The fourth-order valence-electron chi connectivity index (χ4n) is 1.42. The number of rotatable bonds is 5. The van der Waals surface area contributed by atoms with Crippen LogP contribution >= 0.6 is 11.8 Å². The van der Waals surface area contributed by atoms with Crippen LogP contribution in [0, 0.1) is 0 Å². The number of amides is 1. The molecule has 0 aliphatic heterocycles. The molecule has 0 saturated heterocycles. The third-order valence-corrected chi connectivity index (χ3v) is 3.80. The van der Waals surface area contributed by atoms with E-state index in [-0.39, 0.29) is 23.4 Å². The lowest BCUT2D eigenvalue weighted by Crippen LogP contribution is -2.33. The molecule has 1 unspecified atom stereocenters. The van der Waals surface area contributed by atoms with Gasteiger partial charge in [-0.1, -0.05) is 6.92 Å². The molecule has 1 rings (SSSR count). The summed E-state index contributed by atoms with van der Waals surface area (Å²) in [4.78, 5) is 12.0. The predicted octanol–water partition coefficient (Wildman–Crippen LogP) is 3.29. The summed E-state index contributed by atoms with van der Waals surface area (Å²) >= 11 is 1.12. The molecule has 1 atom stereocenters. The molecule has 0 saturated carbocycles. The van der Waals surface area contributed by atoms with Gasteiger partial charge in [0.2, 0.25) is 5.91 Å². The first-order valence-corrected chi connectivity index (χ1v) is 7.11. The fourth-order valence-corrected chi connectivity index (χ4v) is 2.18. The number of anilines is 1. The number of nitrogens with one attached hydrogen (secondary N) is 1. The van der Waals surface area contributed by atoms with Crippen LogP contribution in [0.2, 0.25) is 0 Å². The number of nitrogens with two attached hydrogens (primary N) is 1. The van der Waals surface area contributed by atoms with Gasteiger partial charge in [-0.15, -0.1) is 11.8 Å². The van der Waals surface area contributed by atoms with Gasteiger partial charge in [-0.25, -0.2) is 0 Å². The topological polar surface area (TPSA) is 55.1 Å². The number of halogens is 3. The van der Waals surface area contributed by atoms with Crippen LogP contribution < -0.4 is 11.1 Å². The summed E-state index contributed by atoms with van der Waals surface area (Å²) in [6.07, 6.45) is -3.59. The molecule has 20 heavy (non-hydrogen) atoms. The second kappa shape index (κ2) is 6.88.